The van der Waals surface area contributed by atoms with E-state index in [4.69, 9.17) is 0 Å². The quantitative estimate of drug-likeness (QED) is 0.452. The molecule has 2 atom stereocenters. The van der Waals surface area contributed by atoms with Crippen LogP contribution >= 0.6 is 0 Å². The molecule has 0 aromatic carbocycles. The van der Waals surface area contributed by atoms with E-state index >= 15 is 0 Å². The molecule has 1 aliphatic rings. The minimum atomic E-state index is -1.40. The normalized spacial score (nSPS) is 23.1. The first kappa shape index (κ1) is 18.1. The Balaban J connectivity index is 0. The fourth-order valence-corrected chi connectivity index (χ4v) is 1.06. The summed E-state index contributed by atoms with van der Waals surface area (Å²) in [4.78, 5) is 20.8. The molecule has 0 aromatic heterocycles. The maximum absolute atomic E-state index is 10.4. The van der Waals surface area contributed by atoms with E-state index in [0.717, 1.165) is 0 Å². The molecule has 14 heavy (non-hydrogen) atoms. The summed E-state index contributed by atoms with van der Waals surface area (Å²) in [5.74, 6) is -5.02. The van der Waals surface area contributed by atoms with Crippen molar-refractivity contribution in [3.8, 4) is 0 Å². The SMILES string of the molecule is O=C([O-])C1C=CC=CC1C(=O)[O-].[K+].[K+]. The number of hydrogen-bond acceptors (Lipinski definition) is 4. The Morgan fingerprint density at radius 3 is 1.36 bits per heavy atom. The number of hydrogen-bond donors (Lipinski definition) is 0. The number of carboxylic acid groups (broad SMARTS) is 2. The standard InChI is InChI=1S/C8H8O4.2K/c9-7(10)5-3-1-2-4-6(5)8(11)12;;/h1-6H,(H,9,10)(H,11,12);;/q;2*+1/p-2. The first-order valence-corrected chi connectivity index (χ1v) is 3.39. The molecular weight excluding hydrogens is 238 g/mol. The molecule has 6 heteroatoms. The van der Waals surface area contributed by atoms with Crippen LogP contribution < -0.4 is 113 Å². The molecule has 0 bridgehead atoms. The molecule has 0 N–H and O–H groups in total. The average Bonchev–Trinajstić information content (AvgIpc) is 2.04. The van der Waals surface area contributed by atoms with Gasteiger partial charge in [-0.1, -0.05) is 24.3 Å². The van der Waals surface area contributed by atoms with Gasteiger partial charge >= 0.3 is 103 Å². The Morgan fingerprint density at radius 1 is 0.857 bits per heavy atom. The Morgan fingerprint density at radius 2 is 1.14 bits per heavy atom. The second-order valence-corrected chi connectivity index (χ2v) is 2.46. The van der Waals surface area contributed by atoms with Crippen molar-refractivity contribution in [2.75, 3.05) is 0 Å². The molecule has 1 rings (SSSR count). The monoisotopic (exact) mass is 244 g/mol. The predicted octanol–water partition coefficient (Wildman–Crippen LogP) is -8.15. The van der Waals surface area contributed by atoms with Gasteiger partial charge in [-0.3, -0.25) is 0 Å². The van der Waals surface area contributed by atoms with E-state index in [9.17, 15) is 19.8 Å². The summed E-state index contributed by atoms with van der Waals surface area (Å²) in [6.07, 6.45) is 5.49. The summed E-state index contributed by atoms with van der Waals surface area (Å²) in [7, 11) is 0. The molecule has 0 aromatic rings. The van der Waals surface area contributed by atoms with E-state index in [1.54, 1.807) is 0 Å². The third kappa shape index (κ3) is 5.15. The zero-order chi connectivity index (χ0) is 9.14. The maximum atomic E-state index is 10.4. The summed E-state index contributed by atoms with van der Waals surface area (Å²) >= 11 is 0. The number of carbonyl (C=O) groups excluding carboxylic acids is 2. The van der Waals surface area contributed by atoms with Crippen molar-refractivity contribution in [1.29, 1.82) is 0 Å². The van der Waals surface area contributed by atoms with Crippen molar-refractivity contribution in [3.63, 3.8) is 0 Å². The third-order valence-corrected chi connectivity index (χ3v) is 1.68. The van der Waals surface area contributed by atoms with Gasteiger partial charge in [-0.15, -0.1) is 0 Å². The second-order valence-electron chi connectivity index (χ2n) is 2.46. The number of carboxylic acids is 2. The van der Waals surface area contributed by atoms with Gasteiger partial charge in [0.15, 0.2) is 0 Å². The minimum absolute atomic E-state index is 0. The molecular formula is C8H6K2O4. The van der Waals surface area contributed by atoms with Crippen LogP contribution in [0.5, 0.6) is 0 Å². The molecule has 0 aliphatic heterocycles. The van der Waals surface area contributed by atoms with Crippen LogP contribution in [0, 0.1) is 11.8 Å². The van der Waals surface area contributed by atoms with Crippen molar-refractivity contribution in [2.45, 2.75) is 0 Å². The topological polar surface area (TPSA) is 80.3 Å². The summed E-state index contributed by atoms with van der Waals surface area (Å²) in [6, 6.07) is 0. The Hall–Kier alpha value is 1.69. The molecule has 0 fully saturated rings. The van der Waals surface area contributed by atoms with Gasteiger partial charge in [-0.05, 0) is 0 Å². The van der Waals surface area contributed by atoms with Gasteiger partial charge in [0, 0.05) is 23.8 Å². The minimum Gasteiger partial charge on any atom is -0.549 e. The molecule has 1 aliphatic carbocycles. The number of allylic oxidation sites excluding steroid dienone is 2. The first-order chi connectivity index (χ1) is 5.63. The number of carbonyl (C=O) groups is 2. The van der Waals surface area contributed by atoms with Crippen LogP contribution in [0.1, 0.15) is 0 Å². The van der Waals surface area contributed by atoms with Gasteiger partial charge in [-0.25, -0.2) is 0 Å². The molecule has 0 saturated carbocycles. The zero-order valence-corrected chi connectivity index (χ0v) is 14.3. The summed E-state index contributed by atoms with van der Waals surface area (Å²) in [6.45, 7) is 0. The van der Waals surface area contributed by atoms with Crippen molar-refractivity contribution in [1.82, 2.24) is 0 Å². The Kier molecular flexibility index (Phi) is 11.4. The summed E-state index contributed by atoms with van der Waals surface area (Å²) in [5, 5.41) is 20.8. The average molecular weight is 244 g/mol. The molecule has 4 nitrogen and oxygen atoms in total. The van der Waals surface area contributed by atoms with Crippen molar-refractivity contribution in [3.05, 3.63) is 24.3 Å². The predicted molar refractivity (Wildman–Crippen MR) is 35.3 cm³/mol. The molecule has 0 spiro atoms. The van der Waals surface area contributed by atoms with E-state index in [2.05, 4.69) is 0 Å². The zero-order valence-electron chi connectivity index (χ0n) is 8.10. The van der Waals surface area contributed by atoms with E-state index in [0.29, 0.717) is 0 Å². The van der Waals surface area contributed by atoms with Crippen LogP contribution in [0.2, 0.25) is 0 Å². The van der Waals surface area contributed by atoms with Gasteiger partial charge in [0.05, 0.1) is 0 Å². The van der Waals surface area contributed by atoms with Crippen LogP contribution in [0.15, 0.2) is 24.3 Å². The molecule has 0 heterocycles. The van der Waals surface area contributed by atoms with Crippen LogP contribution in [0.4, 0.5) is 0 Å². The molecule has 2 unspecified atom stereocenters. The van der Waals surface area contributed by atoms with E-state index in [-0.39, 0.29) is 103 Å². The van der Waals surface area contributed by atoms with Gasteiger partial charge < -0.3 is 19.8 Å². The Labute approximate surface area is 167 Å². The second kappa shape index (κ2) is 8.80. The van der Waals surface area contributed by atoms with Crippen LogP contribution in [-0.2, 0) is 9.59 Å². The molecule has 0 radical (unpaired) electrons. The number of rotatable bonds is 2. The first-order valence-electron chi connectivity index (χ1n) is 3.39. The van der Waals surface area contributed by atoms with E-state index in [1.807, 2.05) is 0 Å². The van der Waals surface area contributed by atoms with Gasteiger partial charge in [-0.2, -0.15) is 0 Å². The van der Waals surface area contributed by atoms with Crippen LogP contribution in [0.3, 0.4) is 0 Å². The van der Waals surface area contributed by atoms with Crippen molar-refractivity contribution < 1.29 is 123 Å². The Bertz CT molecular complexity index is 245. The maximum Gasteiger partial charge on any atom is 1.00 e. The van der Waals surface area contributed by atoms with Gasteiger partial charge in [0.1, 0.15) is 0 Å². The fraction of sp³-hybridized carbons (Fsp3) is 0.250. The molecule has 0 saturated heterocycles. The van der Waals surface area contributed by atoms with E-state index < -0.39 is 23.8 Å². The van der Waals surface area contributed by atoms with Gasteiger partial charge in [0.2, 0.25) is 0 Å². The van der Waals surface area contributed by atoms with Crippen LogP contribution in [0.25, 0.3) is 0 Å². The van der Waals surface area contributed by atoms with Crippen molar-refractivity contribution >= 4 is 11.9 Å². The molecule has 64 valence electrons. The smallest absolute Gasteiger partial charge is 0.549 e. The summed E-state index contributed by atoms with van der Waals surface area (Å²) in [5.41, 5.74) is 0. The van der Waals surface area contributed by atoms with Crippen LogP contribution in [-0.4, -0.2) is 11.9 Å². The van der Waals surface area contributed by atoms with Gasteiger partial charge in [0.25, 0.3) is 0 Å². The van der Waals surface area contributed by atoms with E-state index in [1.165, 1.54) is 24.3 Å². The largest absolute Gasteiger partial charge is 1.00 e. The summed E-state index contributed by atoms with van der Waals surface area (Å²) < 4.78 is 0. The third-order valence-electron chi connectivity index (χ3n) is 1.68. The number of aliphatic carboxylic acids is 2. The van der Waals surface area contributed by atoms with Crippen molar-refractivity contribution in [2.24, 2.45) is 11.8 Å². The fourth-order valence-electron chi connectivity index (χ4n) is 1.06. The molecule has 0 amide bonds.